The quantitative estimate of drug-likeness (QED) is 0.607. The van der Waals surface area contributed by atoms with Crippen LogP contribution in [0.25, 0.3) is 10.9 Å². The summed E-state index contributed by atoms with van der Waals surface area (Å²) in [5.41, 5.74) is 2.10. The Kier molecular flexibility index (Phi) is 6.50. The summed E-state index contributed by atoms with van der Waals surface area (Å²) in [6, 6.07) is 15.2. The third-order valence-corrected chi connectivity index (χ3v) is 6.34. The molecule has 2 amide bonds. The summed E-state index contributed by atoms with van der Waals surface area (Å²) in [6.07, 6.45) is 2.22. The molecule has 1 aliphatic heterocycles. The fourth-order valence-corrected chi connectivity index (χ4v) is 4.22. The van der Waals surface area contributed by atoms with E-state index in [1.807, 2.05) is 23.1 Å². The largest absolute Gasteiger partial charge is 0.339 e. The molecule has 166 valence electrons. The van der Waals surface area contributed by atoms with Crippen LogP contribution >= 0.6 is 12.2 Å². The van der Waals surface area contributed by atoms with Crippen LogP contribution in [-0.2, 0) is 18.3 Å². The van der Waals surface area contributed by atoms with Gasteiger partial charge in [-0.25, -0.2) is 0 Å². The van der Waals surface area contributed by atoms with E-state index in [9.17, 15) is 14.4 Å². The van der Waals surface area contributed by atoms with E-state index in [-0.39, 0.29) is 17.4 Å². The minimum Gasteiger partial charge on any atom is -0.339 e. The second kappa shape index (κ2) is 9.48. The van der Waals surface area contributed by atoms with Crippen molar-refractivity contribution in [3.8, 4) is 0 Å². The summed E-state index contributed by atoms with van der Waals surface area (Å²) >= 11 is 5.17. The highest BCUT2D eigenvalue weighted by Gasteiger charge is 2.25. The van der Waals surface area contributed by atoms with E-state index in [2.05, 4.69) is 17.1 Å². The minimum absolute atomic E-state index is 0.108. The molecule has 1 saturated heterocycles. The Morgan fingerprint density at radius 1 is 1.00 bits per heavy atom. The van der Waals surface area contributed by atoms with E-state index in [4.69, 9.17) is 12.2 Å². The van der Waals surface area contributed by atoms with Gasteiger partial charge >= 0.3 is 0 Å². The van der Waals surface area contributed by atoms with Crippen LogP contribution in [0.3, 0.4) is 0 Å². The van der Waals surface area contributed by atoms with Gasteiger partial charge in [0.25, 0.3) is 11.5 Å². The van der Waals surface area contributed by atoms with E-state index >= 15 is 0 Å². The molecule has 4 rings (SSSR count). The average molecular weight is 451 g/mol. The van der Waals surface area contributed by atoms with Crippen LogP contribution in [0.5, 0.6) is 0 Å². The zero-order valence-electron chi connectivity index (χ0n) is 18.0. The lowest BCUT2D eigenvalue weighted by Gasteiger charge is -2.35. The van der Waals surface area contributed by atoms with Crippen LogP contribution in [0, 0.1) is 4.77 Å². The maximum absolute atomic E-state index is 13.0. The average Bonchev–Trinajstić information content (AvgIpc) is 2.82. The number of hydrogen-bond donors (Lipinski definition) is 1. The molecular formula is C24H26N4O3S. The molecule has 3 aromatic rings. The first-order valence-corrected chi connectivity index (χ1v) is 11.2. The van der Waals surface area contributed by atoms with Crippen molar-refractivity contribution < 1.29 is 9.59 Å². The molecule has 32 heavy (non-hydrogen) atoms. The number of aromatic amines is 1. The monoisotopic (exact) mass is 450 g/mol. The molecule has 0 radical (unpaired) electrons. The standard InChI is InChI=1S/C24H26N4O3S/c1-26-23(31)19-11-10-18(16-20(19)25-24(26)32)22(30)28-14-12-27(13-15-28)21(29)9-5-8-17-6-3-2-4-7-17/h2-4,6-7,10-11,16H,5,8-9,12-15H2,1H3,(H,25,32). The Bertz CT molecular complexity index is 1260. The third kappa shape index (κ3) is 4.65. The first-order chi connectivity index (χ1) is 15.4. The number of aromatic nitrogens is 2. The summed E-state index contributed by atoms with van der Waals surface area (Å²) in [5.74, 6) is 0.0326. The van der Waals surface area contributed by atoms with Gasteiger partial charge in [0.1, 0.15) is 0 Å². The number of piperazine rings is 1. The van der Waals surface area contributed by atoms with Crippen molar-refractivity contribution in [3.63, 3.8) is 0 Å². The second-order valence-electron chi connectivity index (χ2n) is 8.07. The van der Waals surface area contributed by atoms with Gasteiger partial charge in [0.15, 0.2) is 4.77 Å². The predicted octanol–water partition coefficient (Wildman–Crippen LogP) is 2.90. The molecule has 0 unspecified atom stereocenters. The molecule has 1 aromatic heterocycles. The Hall–Kier alpha value is -3.26. The Balaban J connectivity index is 1.34. The van der Waals surface area contributed by atoms with Crippen molar-refractivity contribution >= 4 is 34.9 Å². The molecule has 7 nitrogen and oxygen atoms in total. The van der Waals surface area contributed by atoms with Crippen molar-refractivity contribution in [2.45, 2.75) is 19.3 Å². The normalized spacial score (nSPS) is 14.0. The molecule has 0 spiro atoms. The first kappa shape index (κ1) is 22.0. The van der Waals surface area contributed by atoms with Crippen molar-refractivity contribution in [2.75, 3.05) is 26.2 Å². The number of carbonyl (C=O) groups is 2. The Morgan fingerprint density at radius 2 is 1.69 bits per heavy atom. The molecule has 2 heterocycles. The zero-order valence-corrected chi connectivity index (χ0v) is 18.9. The number of amides is 2. The SMILES string of the molecule is Cn1c(=S)[nH]c2cc(C(=O)N3CCN(C(=O)CCCc4ccccc4)CC3)ccc2c1=O. The summed E-state index contributed by atoms with van der Waals surface area (Å²) < 4.78 is 1.68. The molecule has 1 N–H and O–H groups in total. The Morgan fingerprint density at radius 3 is 2.41 bits per heavy atom. The summed E-state index contributed by atoms with van der Waals surface area (Å²) in [6.45, 7) is 2.06. The van der Waals surface area contributed by atoms with Crippen LogP contribution in [0.1, 0.15) is 28.8 Å². The summed E-state index contributed by atoms with van der Waals surface area (Å²) in [7, 11) is 1.61. The van der Waals surface area contributed by atoms with Gasteiger partial charge in [-0.15, -0.1) is 0 Å². The van der Waals surface area contributed by atoms with Gasteiger partial charge in [-0.2, -0.15) is 0 Å². The maximum atomic E-state index is 13.0. The highest BCUT2D eigenvalue weighted by Crippen LogP contribution is 2.15. The number of aryl methyl sites for hydroxylation is 1. The van der Waals surface area contributed by atoms with E-state index in [0.717, 1.165) is 12.8 Å². The van der Waals surface area contributed by atoms with Crippen LogP contribution in [-0.4, -0.2) is 57.3 Å². The van der Waals surface area contributed by atoms with Crippen LogP contribution < -0.4 is 5.56 Å². The second-order valence-corrected chi connectivity index (χ2v) is 8.45. The maximum Gasteiger partial charge on any atom is 0.261 e. The number of benzene rings is 2. The number of carbonyl (C=O) groups excluding carboxylic acids is 2. The Labute approximate surface area is 191 Å². The fourth-order valence-electron chi connectivity index (χ4n) is 4.03. The number of nitrogens with one attached hydrogen (secondary N) is 1. The number of nitrogens with zero attached hydrogens (tertiary/aromatic N) is 3. The molecule has 8 heteroatoms. The van der Waals surface area contributed by atoms with E-state index in [1.165, 1.54) is 10.1 Å². The van der Waals surface area contributed by atoms with Crippen molar-refractivity contribution in [1.29, 1.82) is 0 Å². The minimum atomic E-state index is -0.192. The molecule has 0 atom stereocenters. The number of hydrogen-bond acceptors (Lipinski definition) is 4. The van der Waals surface area contributed by atoms with Gasteiger partial charge in [-0.1, -0.05) is 30.3 Å². The van der Waals surface area contributed by atoms with Crippen molar-refractivity contribution in [2.24, 2.45) is 7.05 Å². The number of rotatable bonds is 5. The summed E-state index contributed by atoms with van der Waals surface area (Å²) in [4.78, 5) is 44.5. The predicted molar refractivity (Wildman–Crippen MR) is 126 cm³/mol. The van der Waals surface area contributed by atoms with Gasteiger partial charge < -0.3 is 14.8 Å². The van der Waals surface area contributed by atoms with E-state index < -0.39 is 0 Å². The molecule has 0 saturated carbocycles. The smallest absolute Gasteiger partial charge is 0.261 e. The van der Waals surface area contributed by atoms with Crippen molar-refractivity contribution in [1.82, 2.24) is 19.4 Å². The van der Waals surface area contributed by atoms with Gasteiger partial charge in [-0.3, -0.25) is 19.0 Å². The molecule has 0 aliphatic carbocycles. The molecule has 2 aromatic carbocycles. The lowest BCUT2D eigenvalue weighted by atomic mass is 10.1. The van der Waals surface area contributed by atoms with Gasteiger partial charge in [0.2, 0.25) is 5.91 Å². The van der Waals surface area contributed by atoms with E-state index in [1.54, 1.807) is 30.1 Å². The number of H-pyrrole nitrogens is 1. The zero-order chi connectivity index (χ0) is 22.7. The topological polar surface area (TPSA) is 78.4 Å². The number of fused-ring (bicyclic) bond motifs is 1. The lowest BCUT2D eigenvalue weighted by Crippen LogP contribution is -2.50. The molecular weight excluding hydrogens is 424 g/mol. The van der Waals surface area contributed by atoms with Crippen LogP contribution in [0.4, 0.5) is 0 Å². The van der Waals surface area contributed by atoms with Crippen molar-refractivity contribution in [3.05, 3.63) is 74.8 Å². The van der Waals surface area contributed by atoms with Gasteiger partial charge in [0, 0.05) is 45.2 Å². The molecule has 1 aliphatic rings. The van der Waals surface area contributed by atoms with E-state index in [0.29, 0.717) is 53.8 Å². The van der Waals surface area contributed by atoms with Crippen LogP contribution in [0.2, 0.25) is 0 Å². The lowest BCUT2D eigenvalue weighted by molar-refractivity contribution is -0.132. The third-order valence-electron chi connectivity index (χ3n) is 5.97. The highest BCUT2D eigenvalue weighted by molar-refractivity contribution is 7.71. The first-order valence-electron chi connectivity index (χ1n) is 10.8. The van der Waals surface area contributed by atoms with Gasteiger partial charge in [0.05, 0.1) is 10.9 Å². The van der Waals surface area contributed by atoms with Crippen LogP contribution in [0.15, 0.2) is 53.3 Å². The fraction of sp³-hybridized carbons (Fsp3) is 0.333. The summed E-state index contributed by atoms with van der Waals surface area (Å²) in [5, 5.41) is 0.489. The molecule has 1 fully saturated rings. The molecule has 0 bridgehead atoms. The highest BCUT2D eigenvalue weighted by atomic mass is 32.1. The van der Waals surface area contributed by atoms with Gasteiger partial charge in [-0.05, 0) is 48.8 Å².